The fraction of sp³-hybridized carbons (Fsp3) is 0.583. The number of halogens is 2. The molecule has 0 N–H and O–H groups in total. The topological polar surface area (TPSA) is 25.4 Å². The highest BCUT2D eigenvalue weighted by molar-refractivity contribution is 5.59. The van der Waals surface area contributed by atoms with Gasteiger partial charge in [-0.15, -0.1) is 0 Å². The van der Waals surface area contributed by atoms with Crippen LogP contribution in [0.5, 0.6) is 5.75 Å². The van der Waals surface area contributed by atoms with Crippen LogP contribution in [0.2, 0.25) is 0 Å². The van der Waals surface area contributed by atoms with Crippen LogP contribution >= 0.6 is 0 Å². The number of pyridine rings is 1. The zero-order valence-electron chi connectivity index (χ0n) is 9.62. The number of nitrogens with zero attached hydrogens (tertiary/aromatic N) is 2. The predicted molar refractivity (Wildman–Crippen MR) is 59.8 cm³/mol. The Morgan fingerprint density at radius 2 is 2.41 bits per heavy atom. The van der Waals surface area contributed by atoms with Crippen LogP contribution in [0.15, 0.2) is 12.3 Å². The predicted octanol–water partition coefficient (Wildman–Crippen LogP) is 2.25. The van der Waals surface area contributed by atoms with Crippen LogP contribution in [-0.2, 0) is 6.42 Å². The summed E-state index contributed by atoms with van der Waals surface area (Å²) in [5.74, 6) is -1.36. The number of hydrogen-bond donors (Lipinski definition) is 0. The standard InChI is InChI=1S/C12H14F2N2O/c1-2-8-3-4-15-11-10(8)17-6-9-5-12(13,14)7-16(9)11/h3-4,9H,2,5-7H2,1H3/t9-/m0/s1. The summed E-state index contributed by atoms with van der Waals surface area (Å²) in [6.45, 7) is 2.11. The zero-order chi connectivity index (χ0) is 12.0. The average Bonchev–Trinajstić information content (AvgIpc) is 2.62. The number of fused-ring (bicyclic) bond motifs is 3. The van der Waals surface area contributed by atoms with E-state index in [4.69, 9.17) is 4.74 Å². The van der Waals surface area contributed by atoms with Crippen molar-refractivity contribution in [3.63, 3.8) is 0 Å². The van der Waals surface area contributed by atoms with Gasteiger partial charge in [0, 0.05) is 12.6 Å². The highest BCUT2D eigenvalue weighted by Gasteiger charge is 2.48. The molecule has 5 heteroatoms. The second-order valence-corrected chi connectivity index (χ2v) is 4.63. The first kappa shape index (κ1) is 10.7. The lowest BCUT2D eigenvalue weighted by Gasteiger charge is -2.32. The van der Waals surface area contributed by atoms with Crippen LogP contribution in [0.4, 0.5) is 14.6 Å². The third kappa shape index (κ3) is 1.64. The van der Waals surface area contributed by atoms with E-state index in [9.17, 15) is 8.78 Å². The molecule has 2 aliphatic heterocycles. The zero-order valence-corrected chi connectivity index (χ0v) is 9.62. The maximum atomic E-state index is 13.4. The molecule has 0 spiro atoms. The van der Waals surface area contributed by atoms with Crippen molar-refractivity contribution >= 4 is 5.82 Å². The summed E-state index contributed by atoms with van der Waals surface area (Å²) in [6.07, 6.45) is 2.35. The fourth-order valence-corrected chi connectivity index (χ4v) is 2.59. The minimum atomic E-state index is -2.63. The average molecular weight is 240 g/mol. The number of rotatable bonds is 1. The van der Waals surface area contributed by atoms with Gasteiger partial charge in [0.1, 0.15) is 6.61 Å². The summed E-state index contributed by atoms with van der Waals surface area (Å²) < 4.78 is 32.4. The summed E-state index contributed by atoms with van der Waals surface area (Å²) in [5.41, 5.74) is 1.03. The number of aromatic nitrogens is 1. The van der Waals surface area contributed by atoms with Crippen molar-refractivity contribution in [2.45, 2.75) is 31.7 Å². The molecule has 0 aliphatic carbocycles. The maximum absolute atomic E-state index is 13.4. The summed E-state index contributed by atoms with van der Waals surface area (Å²) in [5, 5.41) is 0. The Hall–Kier alpha value is -1.39. The van der Waals surface area contributed by atoms with E-state index in [2.05, 4.69) is 4.98 Å². The lowest BCUT2D eigenvalue weighted by Crippen LogP contribution is -2.39. The van der Waals surface area contributed by atoms with Gasteiger partial charge in [0.25, 0.3) is 5.92 Å². The van der Waals surface area contributed by atoms with E-state index in [1.807, 2.05) is 13.0 Å². The highest BCUT2D eigenvalue weighted by Crippen LogP contribution is 2.42. The third-order valence-corrected chi connectivity index (χ3v) is 3.42. The molecule has 1 atom stereocenters. The van der Waals surface area contributed by atoms with Crippen LogP contribution in [-0.4, -0.2) is 30.1 Å². The number of aryl methyl sites for hydroxylation is 1. The molecule has 0 aromatic carbocycles. The van der Waals surface area contributed by atoms with Gasteiger partial charge in [0.2, 0.25) is 0 Å². The second-order valence-electron chi connectivity index (χ2n) is 4.63. The highest BCUT2D eigenvalue weighted by atomic mass is 19.3. The summed E-state index contributed by atoms with van der Waals surface area (Å²) in [6, 6.07) is 1.64. The molecule has 17 heavy (non-hydrogen) atoms. The molecule has 1 fully saturated rings. The van der Waals surface area contributed by atoms with Crippen LogP contribution in [0.1, 0.15) is 18.9 Å². The third-order valence-electron chi connectivity index (χ3n) is 3.42. The second kappa shape index (κ2) is 3.55. The lowest BCUT2D eigenvalue weighted by atomic mass is 10.1. The summed E-state index contributed by atoms with van der Waals surface area (Å²) in [4.78, 5) is 5.90. The van der Waals surface area contributed by atoms with Gasteiger partial charge in [-0.25, -0.2) is 13.8 Å². The van der Waals surface area contributed by atoms with Gasteiger partial charge in [-0.1, -0.05) is 6.92 Å². The van der Waals surface area contributed by atoms with Gasteiger partial charge >= 0.3 is 0 Å². The van der Waals surface area contributed by atoms with Crippen molar-refractivity contribution in [2.75, 3.05) is 18.1 Å². The molecule has 0 radical (unpaired) electrons. The smallest absolute Gasteiger partial charge is 0.267 e. The van der Waals surface area contributed by atoms with Crippen LogP contribution in [0.25, 0.3) is 0 Å². The van der Waals surface area contributed by atoms with E-state index in [1.165, 1.54) is 0 Å². The van der Waals surface area contributed by atoms with E-state index in [0.29, 0.717) is 18.2 Å². The number of alkyl halides is 2. The molecular formula is C12H14F2N2O. The minimum absolute atomic E-state index is 0.134. The van der Waals surface area contributed by atoms with Gasteiger partial charge in [0.15, 0.2) is 11.6 Å². The van der Waals surface area contributed by atoms with Crippen molar-refractivity contribution in [1.82, 2.24) is 4.98 Å². The molecule has 1 aromatic rings. The Morgan fingerprint density at radius 1 is 1.59 bits per heavy atom. The number of hydrogen-bond acceptors (Lipinski definition) is 3. The van der Waals surface area contributed by atoms with Crippen LogP contribution in [0.3, 0.4) is 0 Å². The first-order chi connectivity index (χ1) is 8.11. The first-order valence-corrected chi connectivity index (χ1v) is 5.86. The molecule has 3 rings (SSSR count). The molecule has 0 unspecified atom stereocenters. The first-order valence-electron chi connectivity index (χ1n) is 5.86. The lowest BCUT2D eigenvalue weighted by molar-refractivity contribution is 0.0210. The molecular weight excluding hydrogens is 226 g/mol. The van der Waals surface area contributed by atoms with Crippen molar-refractivity contribution in [2.24, 2.45) is 0 Å². The van der Waals surface area contributed by atoms with Crippen molar-refractivity contribution in [3.05, 3.63) is 17.8 Å². The Morgan fingerprint density at radius 3 is 3.18 bits per heavy atom. The molecule has 3 heterocycles. The van der Waals surface area contributed by atoms with E-state index in [0.717, 1.165) is 12.0 Å². The molecule has 0 amide bonds. The monoisotopic (exact) mass is 240 g/mol. The number of ether oxygens (including phenoxy) is 1. The molecule has 2 aliphatic rings. The fourth-order valence-electron chi connectivity index (χ4n) is 2.59. The maximum Gasteiger partial charge on any atom is 0.267 e. The molecule has 1 aromatic heterocycles. The Labute approximate surface area is 98.4 Å². The van der Waals surface area contributed by atoms with Crippen molar-refractivity contribution in [3.8, 4) is 5.75 Å². The molecule has 92 valence electrons. The van der Waals surface area contributed by atoms with Gasteiger partial charge < -0.3 is 9.64 Å². The van der Waals surface area contributed by atoms with Crippen LogP contribution in [0, 0.1) is 0 Å². The van der Waals surface area contributed by atoms with Gasteiger partial charge in [-0.05, 0) is 18.1 Å². The SMILES string of the molecule is CCc1ccnc2c1OC[C@@H]1CC(F)(F)CN21. The normalized spacial score (nSPS) is 25.1. The molecule has 0 bridgehead atoms. The largest absolute Gasteiger partial charge is 0.487 e. The van der Waals surface area contributed by atoms with E-state index in [-0.39, 0.29) is 19.0 Å². The summed E-state index contributed by atoms with van der Waals surface area (Å²) >= 11 is 0. The minimum Gasteiger partial charge on any atom is -0.487 e. The van der Waals surface area contributed by atoms with Gasteiger partial charge in [0.05, 0.1) is 12.6 Å². The Bertz CT molecular complexity index is 450. The van der Waals surface area contributed by atoms with E-state index >= 15 is 0 Å². The molecule has 0 saturated carbocycles. The van der Waals surface area contributed by atoms with Gasteiger partial charge in [-0.2, -0.15) is 0 Å². The quantitative estimate of drug-likeness (QED) is 0.752. The number of anilines is 1. The van der Waals surface area contributed by atoms with E-state index < -0.39 is 5.92 Å². The van der Waals surface area contributed by atoms with Crippen molar-refractivity contribution < 1.29 is 13.5 Å². The Kier molecular flexibility index (Phi) is 2.24. The van der Waals surface area contributed by atoms with Crippen LogP contribution < -0.4 is 9.64 Å². The molecule has 3 nitrogen and oxygen atoms in total. The Balaban J connectivity index is 2.02. The van der Waals surface area contributed by atoms with Gasteiger partial charge in [-0.3, -0.25) is 0 Å². The van der Waals surface area contributed by atoms with Crippen molar-refractivity contribution in [1.29, 1.82) is 0 Å². The summed E-state index contributed by atoms with van der Waals surface area (Å²) in [7, 11) is 0. The molecule has 1 saturated heterocycles. The van der Waals surface area contributed by atoms with E-state index in [1.54, 1.807) is 11.1 Å².